The van der Waals surface area contributed by atoms with Crippen molar-refractivity contribution < 1.29 is 8.42 Å². The summed E-state index contributed by atoms with van der Waals surface area (Å²) in [5.41, 5.74) is 1.00. The highest BCUT2D eigenvalue weighted by Crippen LogP contribution is 2.27. The summed E-state index contributed by atoms with van der Waals surface area (Å²) >= 11 is 9.17. The highest BCUT2D eigenvalue weighted by Gasteiger charge is 2.19. The smallest absolute Gasteiger partial charge is 0.239 e. The average molecular weight is 372 g/mol. The summed E-state index contributed by atoms with van der Waals surface area (Å²) in [5, 5.41) is 0.298. The molecule has 1 aromatic carbocycles. The lowest BCUT2D eigenvalue weighted by molar-refractivity contribution is 0.589. The van der Waals surface area contributed by atoms with Gasteiger partial charge in [-0.2, -0.15) is 0 Å². The van der Waals surface area contributed by atoms with Crippen LogP contribution in [0.5, 0.6) is 0 Å². The molecule has 2 aromatic heterocycles. The number of aromatic nitrogens is 2. The van der Waals surface area contributed by atoms with Crippen LogP contribution in [0.4, 0.5) is 0 Å². The average Bonchev–Trinajstić information content (AvgIpc) is 2.84. The molecule has 0 saturated heterocycles. The SMILES string of the molecule is O=S(=O)(c1ccccc1)n1ccc2nc(Cl)c(Br)cc21. The van der Waals surface area contributed by atoms with Crippen LogP contribution in [0.25, 0.3) is 11.0 Å². The van der Waals surface area contributed by atoms with Gasteiger partial charge in [0.15, 0.2) is 0 Å². The van der Waals surface area contributed by atoms with Gasteiger partial charge in [0.1, 0.15) is 5.15 Å². The maximum Gasteiger partial charge on any atom is 0.268 e. The van der Waals surface area contributed by atoms with Crippen molar-refractivity contribution in [3.05, 3.63) is 58.3 Å². The highest BCUT2D eigenvalue weighted by molar-refractivity contribution is 9.10. The van der Waals surface area contributed by atoms with E-state index in [1.54, 1.807) is 42.5 Å². The van der Waals surface area contributed by atoms with Gasteiger partial charge < -0.3 is 0 Å². The quantitative estimate of drug-likeness (QED) is 0.646. The minimum atomic E-state index is -3.64. The van der Waals surface area contributed by atoms with Crippen LogP contribution < -0.4 is 0 Å². The molecule has 102 valence electrons. The van der Waals surface area contributed by atoms with Gasteiger partial charge in [0.25, 0.3) is 10.0 Å². The molecular formula is C13H8BrClN2O2S. The van der Waals surface area contributed by atoms with E-state index < -0.39 is 10.0 Å². The van der Waals surface area contributed by atoms with Crippen LogP contribution in [0.1, 0.15) is 0 Å². The molecule has 0 unspecified atom stereocenters. The van der Waals surface area contributed by atoms with E-state index in [4.69, 9.17) is 11.6 Å². The molecule has 0 N–H and O–H groups in total. The van der Waals surface area contributed by atoms with E-state index in [1.165, 1.54) is 10.2 Å². The van der Waals surface area contributed by atoms with Gasteiger partial charge in [0, 0.05) is 6.20 Å². The molecule has 0 amide bonds. The fourth-order valence-electron chi connectivity index (χ4n) is 1.90. The van der Waals surface area contributed by atoms with Crippen molar-refractivity contribution in [1.82, 2.24) is 8.96 Å². The van der Waals surface area contributed by atoms with Gasteiger partial charge in [0.05, 0.1) is 20.4 Å². The summed E-state index contributed by atoms with van der Waals surface area (Å²) in [6.07, 6.45) is 1.47. The van der Waals surface area contributed by atoms with Crippen molar-refractivity contribution in [3.8, 4) is 0 Å². The Labute approximate surface area is 129 Å². The lowest BCUT2D eigenvalue weighted by Crippen LogP contribution is -2.11. The number of hydrogen-bond donors (Lipinski definition) is 0. The van der Waals surface area contributed by atoms with Gasteiger partial charge >= 0.3 is 0 Å². The Kier molecular flexibility index (Phi) is 3.32. The van der Waals surface area contributed by atoms with Crippen LogP contribution >= 0.6 is 27.5 Å². The molecule has 4 nitrogen and oxygen atoms in total. The van der Waals surface area contributed by atoms with Crippen LogP contribution in [0.3, 0.4) is 0 Å². The predicted molar refractivity (Wildman–Crippen MR) is 81.5 cm³/mol. The molecule has 0 fully saturated rings. The fraction of sp³-hybridized carbons (Fsp3) is 0. The van der Waals surface area contributed by atoms with Crippen molar-refractivity contribution >= 4 is 48.6 Å². The molecule has 2 heterocycles. The molecule has 0 atom stereocenters. The molecule has 0 aliphatic heterocycles. The number of fused-ring (bicyclic) bond motifs is 1. The maximum atomic E-state index is 12.6. The Morgan fingerprint density at radius 3 is 2.55 bits per heavy atom. The third kappa shape index (κ3) is 2.13. The second kappa shape index (κ2) is 4.87. The normalized spacial score (nSPS) is 11.9. The van der Waals surface area contributed by atoms with E-state index in [9.17, 15) is 8.42 Å². The lowest BCUT2D eigenvalue weighted by Gasteiger charge is -2.07. The Morgan fingerprint density at radius 2 is 1.85 bits per heavy atom. The van der Waals surface area contributed by atoms with E-state index in [2.05, 4.69) is 20.9 Å². The highest BCUT2D eigenvalue weighted by atomic mass is 79.9. The topological polar surface area (TPSA) is 52.0 Å². The van der Waals surface area contributed by atoms with Gasteiger partial charge in [-0.3, -0.25) is 0 Å². The van der Waals surface area contributed by atoms with Gasteiger partial charge in [-0.05, 0) is 40.2 Å². The number of hydrogen-bond acceptors (Lipinski definition) is 3. The van der Waals surface area contributed by atoms with Crippen LogP contribution in [-0.4, -0.2) is 17.4 Å². The largest absolute Gasteiger partial charge is 0.268 e. The number of pyridine rings is 1. The van der Waals surface area contributed by atoms with E-state index in [-0.39, 0.29) is 4.90 Å². The second-order valence-electron chi connectivity index (χ2n) is 4.10. The molecule has 0 saturated carbocycles. The zero-order valence-electron chi connectivity index (χ0n) is 9.99. The lowest BCUT2D eigenvalue weighted by atomic mass is 10.4. The number of rotatable bonds is 2. The van der Waals surface area contributed by atoms with Crippen LogP contribution in [0.2, 0.25) is 5.15 Å². The monoisotopic (exact) mass is 370 g/mol. The standard InChI is InChI=1S/C13H8BrClN2O2S/c14-10-8-12-11(16-13(10)15)6-7-17(12)20(18,19)9-4-2-1-3-5-9/h1-8H. The summed E-state index contributed by atoms with van der Waals surface area (Å²) in [7, 11) is -3.64. The first kappa shape index (κ1) is 13.6. The number of nitrogens with zero attached hydrogens (tertiary/aromatic N) is 2. The zero-order chi connectivity index (χ0) is 14.3. The minimum Gasteiger partial charge on any atom is -0.239 e. The number of benzene rings is 1. The first-order valence-corrected chi connectivity index (χ1v) is 8.25. The Morgan fingerprint density at radius 1 is 1.15 bits per heavy atom. The maximum absolute atomic E-state index is 12.6. The summed E-state index contributed by atoms with van der Waals surface area (Å²) in [5.74, 6) is 0. The molecule has 20 heavy (non-hydrogen) atoms. The summed E-state index contributed by atoms with van der Waals surface area (Å²) < 4.78 is 26.9. The van der Waals surface area contributed by atoms with Crippen molar-refractivity contribution in [2.45, 2.75) is 4.90 Å². The molecule has 3 rings (SSSR count). The van der Waals surface area contributed by atoms with Gasteiger partial charge in [-0.1, -0.05) is 29.8 Å². The molecule has 0 aliphatic rings. The third-order valence-electron chi connectivity index (χ3n) is 2.85. The van der Waals surface area contributed by atoms with E-state index in [0.717, 1.165) is 0 Å². The third-order valence-corrected chi connectivity index (χ3v) is 5.67. The second-order valence-corrected chi connectivity index (χ2v) is 7.12. The Balaban J connectivity index is 2.28. The van der Waals surface area contributed by atoms with E-state index in [0.29, 0.717) is 20.7 Å². The van der Waals surface area contributed by atoms with Gasteiger partial charge in [-0.15, -0.1) is 0 Å². The Hall–Kier alpha value is -1.37. The molecule has 0 aliphatic carbocycles. The molecule has 0 radical (unpaired) electrons. The molecule has 0 bridgehead atoms. The first-order chi connectivity index (χ1) is 9.50. The van der Waals surface area contributed by atoms with Crippen molar-refractivity contribution in [3.63, 3.8) is 0 Å². The van der Waals surface area contributed by atoms with Gasteiger partial charge in [-0.25, -0.2) is 17.4 Å². The van der Waals surface area contributed by atoms with Crippen molar-refractivity contribution in [2.75, 3.05) is 0 Å². The summed E-state index contributed by atoms with van der Waals surface area (Å²) in [6.45, 7) is 0. The fourth-order valence-corrected chi connectivity index (χ4v) is 3.71. The Bertz CT molecular complexity index is 891. The predicted octanol–water partition coefficient (Wildman–Crippen LogP) is 3.69. The first-order valence-electron chi connectivity index (χ1n) is 5.64. The van der Waals surface area contributed by atoms with Crippen LogP contribution in [-0.2, 0) is 10.0 Å². The van der Waals surface area contributed by atoms with Gasteiger partial charge in [0.2, 0.25) is 0 Å². The molecule has 7 heteroatoms. The molecular weight excluding hydrogens is 364 g/mol. The zero-order valence-corrected chi connectivity index (χ0v) is 13.2. The number of halogens is 2. The molecule has 3 aromatic rings. The van der Waals surface area contributed by atoms with Crippen LogP contribution in [0.15, 0.2) is 58.0 Å². The van der Waals surface area contributed by atoms with Crippen molar-refractivity contribution in [2.24, 2.45) is 0 Å². The summed E-state index contributed by atoms with van der Waals surface area (Å²) in [4.78, 5) is 4.36. The molecule has 0 spiro atoms. The van der Waals surface area contributed by atoms with E-state index in [1.807, 2.05) is 0 Å². The minimum absolute atomic E-state index is 0.226. The van der Waals surface area contributed by atoms with Crippen molar-refractivity contribution in [1.29, 1.82) is 0 Å². The summed E-state index contributed by atoms with van der Waals surface area (Å²) in [6, 6.07) is 11.5. The van der Waals surface area contributed by atoms with E-state index >= 15 is 0 Å². The van der Waals surface area contributed by atoms with Crippen LogP contribution in [0, 0.1) is 0 Å².